The Morgan fingerprint density at radius 1 is 1.30 bits per heavy atom. The molecule has 1 aliphatic rings. The number of nitrogens with zero attached hydrogens (tertiary/aromatic N) is 4. The van der Waals surface area contributed by atoms with Gasteiger partial charge in [0.15, 0.2) is 0 Å². The van der Waals surface area contributed by atoms with Crippen molar-refractivity contribution in [2.75, 3.05) is 44.8 Å². The minimum atomic E-state index is 0.484. The molecule has 2 aromatic rings. The number of hydrogen-bond donors (Lipinski definition) is 0. The minimum Gasteiger partial charge on any atom is -0.383 e. The van der Waals surface area contributed by atoms with Gasteiger partial charge < -0.3 is 9.64 Å². The van der Waals surface area contributed by atoms with E-state index in [-0.39, 0.29) is 0 Å². The molecule has 5 nitrogen and oxygen atoms in total. The number of nitriles is 1. The molecule has 0 unspecified atom stereocenters. The summed E-state index contributed by atoms with van der Waals surface area (Å²) in [7, 11) is 1.75. The van der Waals surface area contributed by atoms with Crippen molar-refractivity contribution in [3.05, 3.63) is 35.9 Å². The molecule has 1 aromatic heterocycles. The van der Waals surface area contributed by atoms with E-state index in [1.165, 1.54) is 0 Å². The maximum absolute atomic E-state index is 8.98. The van der Waals surface area contributed by atoms with Crippen LogP contribution >= 0.6 is 0 Å². The van der Waals surface area contributed by atoms with E-state index in [4.69, 9.17) is 15.0 Å². The second-order valence-electron chi connectivity index (χ2n) is 6.01. The third-order valence-electron chi connectivity index (χ3n) is 4.48. The van der Waals surface area contributed by atoms with Gasteiger partial charge in [0.2, 0.25) is 0 Å². The quantitative estimate of drug-likeness (QED) is 0.867. The van der Waals surface area contributed by atoms with E-state index in [0.717, 1.165) is 49.5 Å². The van der Waals surface area contributed by atoms with E-state index in [2.05, 4.69) is 34.9 Å². The second kappa shape index (κ2) is 6.95. The van der Waals surface area contributed by atoms with Crippen molar-refractivity contribution < 1.29 is 4.74 Å². The average Bonchev–Trinajstić information content (AvgIpc) is 2.59. The molecule has 0 bridgehead atoms. The Hall–Kier alpha value is -2.16. The fraction of sp³-hybridized carbons (Fsp3) is 0.444. The van der Waals surface area contributed by atoms with Crippen molar-refractivity contribution in [1.82, 2.24) is 9.88 Å². The van der Waals surface area contributed by atoms with Gasteiger partial charge in [0.05, 0.1) is 23.8 Å². The van der Waals surface area contributed by atoms with E-state index in [1.54, 1.807) is 7.11 Å². The van der Waals surface area contributed by atoms with Crippen molar-refractivity contribution in [3.8, 4) is 6.07 Å². The zero-order chi connectivity index (χ0) is 16.2. The van der Waals surface area contributed by atoms with Crippen LogP contribution in [0.3, 0.4) is 0 Å². The van der Waals surface area contributed by atoms with Gasteiger partial charge in [-0.1, -0.05) is 0 Å². The number of piperazine rings is 1. The number of aromatic nitrogens is 1. The lowest BCUT2D eigenvalue weighted by atomic mass is 10.1. The highest BCUT2D eigenvalue weighted by Crippen LogP contribution is 2.21. The van der Waals surface area contributed by atoms with Gasteiger partial charge in [-0.25, -0.2) is 4.98 Å². The smallest absolute Gasteiger partial charge is 0.129 e. The lowest BCUT2D eigenvalue weighted by Gasteiger charge is -2.40. The highest BCUT2D eigenvalue weighted by atomic mass is 16.5. The summed E-state index contributed by atoms with van der Waals surface area (Å²) < 4.78 is 5.18. The maximum atomic E-state index is 8.98. The van der Waals surface area contributed by atoms with Gasteiger partial charge in [0, 0.05) is 44.7 Å². The zero-order valence-electron chi connectivity index (χ0n) is 13.7. The van der Waals surface area contributed by atoms with Crippen LogP contribution in [-0.4, -0.2) is 55.8 Å². The van der Waals surface area contributed by atoms with Crippen molar-refractivity contribution in [3.63, 3.8) is 0 Å². The third-order valence-corrected chi connectivity index (χ3v) is 4.48. The number of ether oxygens (including phenoxy) is 1. The first kappa shape index (κ1) is 15.7. The SMILES string of the molecule is COCCN1CCN(c2ccc3cc(C#N)ccc3n2)C[C@H]1C. The van der Waals surface area contributed by atoms with Crippen molar-refractivity contribution in [1.29, 1.82) is 5.26 Å². The topological polar surface area (TPSA) is 52.4 Å². The lowest BCUT2D eigenvalue weighted by molar-refractivity contribution is 0.117. The summed E-state index contributed by atoms with van der Waals surface area (Å²) in [5.74, 6) is 1.01. The van der Waals surface area contributed by atoms with E-state index < -0.39 is 0 Å². The average molecular weight is 310 g/mol. The van der Waals surface area contributed by atoms with Gasteiger partial charge in [-0.05, 0) is 37.3 Å². The van der Waals surface area contributed by atoms with Crippen LogP contribution < -0.4 is 4.90 Å². The Labute approximate surface area is 137 Å². The summed E-state index contributed by atoms with van der Waals surface area (Å²) in [5, 5.41) is 9.99. The largest absolute Gasteiger partial charge is 0.383 e. The van der Waals surface area contributed by atoms with E-state index in [9.17, 15) is 0 Å². The van der Waals surface area contributed by atoms with Crippen LogP contribution in [0.5, 0.6) is 0 Å². The van der Waals surface area contributed by atoms with E-state index in [1.807, 2.05) is 18.2 Å². The van der Waals surface area contributed by atoms with Crippen molar-refractivity contribution in [2.24, 2.45) is 0 Å². The number of anilines is 1. The molecule has 0 saturated carbocycles. The number of pyridine rings is 1. The van der Waals surface area contributed by atoms with Crippen LogP contribution in [0.1, 0.15) is 12.5 Å². The maximum Gasteiger partial charge on any atom is 0.129 e. The second-order valence-corrected chi connectivity index (χ2v) is 6.01. The normalized spacial score (nSPS) is 19.0. The molecule has 23 heavy (non-hydrogen) atoms. The summed E-state index contributed by atoms with van der Waals surface area (Å²) in [5.41, 5.74) is 1.61. The third kappa shape index (κ3) is 3.44. The van der Waals surface area contributed by atoms with Crippen molar-refractivity contribution in [2.45, 2.75) is 13.0 Å². The molecule has 1 atom stereocenters. The summed E-state index contributed by atoms with van der Waals surface area (Å²) in [6.45, 7) is 6.98. The number of fused-ring (bicyclic) bond motifs is 1. The molecule has 0 radical (unpaired) electrons. The monoisotopic (exact) mass is 310 g/mol. The van der Waals surface area contributed by atoms with Crippen LogP contribution in [0, 0.1) is 11.3 Å². The van der Waals surface area contributed by atoms with Crippen LogP contribution in [0.15, 0.2) is 30.3 Å². The number of benzene rings is 1. The van der Waals surface area contributed by atoms with Gasteiger partial charge in [-0.2, -0.15) is 5.26 Å². The summed E-state index contributed by atoms with van der Waals surface area (Å²) in [4.78, 5) is 9.57. The fourth-order valence-corrected chi connectivity index (χ4v) is 3.10. The standard InChI is InChI=1S/C18H22N4O/c1-14-13-22(8-7-21(14)9-10-23-2)18-6-4-16-11-15(12-19)3-5-17(16)20-18/h3-6,11,14H,7-10,13H2,1-2H3/t14-/m1/s1. The Morgan fingerprint density at radius 2 is 2.17 bits per heavy atom. The Morgan fingerprint density at radius 3 is 2.91 bits per heavy atom. The van der Waals surface area contributed by atoms with E-state index >= 15 is 0 Å². The minimum absolute atomic E-state index is 0.484. The highest BCUT2D eigenvalue weighted by Gasteiger charge is 2.24. The Balaban J connectivity index is 1.75. The molecule has 0 N–H and O–H groups in total. The Bertz CT molecular complexity index is 725. The summed E-state index contributed by atoms with van der Waals surface area (Å²) in [6, 6.07) is 12.4. The molecule has 0 spiro atoms. The molecule has 1 saturated heterocycles. The van der Waals surface area contributed by atoms with Crippen LogP contribution in [0.2, 0.25) is 0 Å². The van der Waals surface area contributed by atoms with Gasteiger partial charge in [0.25, 0.3) is 0 Å². The predicted molar refractivity (Wildman–Crippen MR) is 91.6 cm³/mol. The molecule has 1 fully saturated rings. The molecule has 3 rings (SSSR count). The molecular formula is C18H22N4O. The Kier molecular flexibility index (Phi) is 4.75. The first-order valence-corrected chi connectivity index (χ1v) is 8.00. The van der Waals surface area contributed by atoms with E-state index in [0.29, 0.717) is 11.6 Å². The van der Waals surface area contributed by atoms with Gasteiger partial charge in [-0.15, -0.1) is 0 Å². The highest BCUT2D eigenvalue weighted by molar-refractivity contribution is 5.81. The molecule has 1 aromatic carbocycles. The zero-order valence-corrected chi connectivity index (χ0v) is 13.7. The van der Waals surface area contributed by atoms with Gasteiger partial charge >= 0.3 is 0 Å². The predicted octanol–water partition coefficient (Wildman–Crippen LogP) is 2.26. The molecule has 0 amide bonds. The summed E-state index contributed by atoms with van der Waals surface area (Å²) in [6.07, 6.45) is 0. The van der Waals surface area contributed by atoms with Gasteiger partial charge in [-0.3, -0.25) is 4.90 Å². The van der Waals surface area contributed by atoms with Crippen molar-refractivity contribution >= 4 is 16.7 Å². The molecular weight excluding hydrogens is 288 g/mol. The molecule has 0 aliphatic carbocycles. The van der Waals surface area contributed by atoms with Gasteiger partial charge in [0.1, 0.15) is 5.82 Å². The first-order valence-electron chi connectivity index (χ1n) is 8.00. The molecule has 120 valence electrons. The molecule has 5 heteroatoms. The first-order chi connectivity index (χ1) is 11.2. The van der Waals surface area contributed by atoms with Crippen LogP contribution in [-0.2, 0) is 4.74 Å². The number of hydrogen-bond acceptors (Lipinski definition) is 5. The molecule has 1 aliphatic heterocycles. The fourth-order valence-electron chi connectivity index (χ4n) is 3.10. The summed E-state index contributed by atoms with van der Waals surface area (Å²) >= 11 is 0. The van der Waals surface area contributed by atoms with Crippen LogP contribution in [0.25, 0.3) is 10.9 Å². The molecule has 2 heterocycles. The lowest BCUT2D eigenvalue weighted by Crippen LogP contribution is -2.52. The number of rotatable bonds is 4. The number of methoxy groups -OCH3 is 1. The van der Waals surface area contributed by atoms with Crippen LogP contribution in [0.4, 0.5) is 5.82 Å².